The maximum atomic E-state index is 12.8. The molecule has 0 atom stereocenters. The fraction of sp³-hybridized carbons (Fsp3) is 0.250. The van der Waals surface area contributed by atoms with Crippen molar-refractivity contribution in [1.29, 1.82) is 0 Å². The molecule has 1 fully saturated rings. The van der Waals surface area contributed by atoms with Gasteiger partial charge in [-0.25, -0.2) is 9.67 Å². The number of benzene rings is 1. The summed E-state index contributed by atoms with van der Waals surface area (Å²) in [6.45, 7) is 0.318. The molecule has 9 heteroatoms. The number of anilines is 1. The second-order valence-corrected chi connectivity index (χ2v) is 6.82. The maximum Gasteiger partial charge on any atom is 0.333 e. The van der Waals surface area contributed by atoms with E-state index in [9.17, 15) is 8.78 Å². The molecular weight excluding hydrogens is 378 g/mol. The van der Waals surface area contributed by atoms with Gasteiger partial charge in [0.05, 0.1) is 24.9 Å². The van der Waals surface area contributed by atoms with Gasteiger partial charge in [0.1, 0.15) is 11.5 Å². The number of alkyl halides is 2. The molecule has 0 unspecified atom stereocenters. The zero-order valence-electron chi connectivity index (χ0n) is 15.4. The predicted octanol–water partition coefficient (Wildman–Crippen LogP) is 3.72. The van der Waals surface area contributed by atoms with E-state index in [0.717, 1.165) is 46.6 Å². The molecule has 148 valence electrons. The van der Waals surface area contributed by atoms with Crippen molar-refractivity contribution in [1.82, 2.24) is 25.0 Å². The molecule has 1 aromatic carbocycles. The Morgan fingerprint density at radius 3 is 2.69 bits per heavy atom. The quantitative estimate of drug-likeness (QED) is 0.569. The van der Waals surface area contributed by atoms with Gasteiger partial charge in [-0.2, -0.15) is 19.0 Å². The van der Waals surface area contributed by atoms with Crippen molar-refractivity contribution in [2.45, 2.75) is 6.55 Å². The number of rotatable bonds is 4. The van der Waals surface area contributed by atoms with Crippen LogP contribution >= 0.6 is 0 Å². The van der Waals surface area contributed by atoms with E-state index in [1.165, 1.54) is 12.4 Å². The smallest absolute Gasteiger partial charge is 0.333 e. The maximum absolute atomic E-state index is 12.8. The molecule has 1 N–H and O–H groups in total. The molecule has 5 rings (SSSR count). The summed E-state index contributed by atoms with van der Waals surface area (Å²) < 4.78 is 31.7. The van der Waals surface area contributed by atoms with Crippen LogP contribution in [0.15, 0.2) is 48.9 Å². The van der Waals surface area contributed by atoms with Crippen LogP contribution in [-0.4, -0.2) is 51.3 Å². The molecule has 0 spiro atoms. The molecule has 0 aliphatic carbocycles. The van der Waals surface area contributed by atoms with Crippen molar-refractivity contribution in [3.8, 4) is 22.4 Å². The summed E-state index contributed by atoms with van der Waals surface area (Å²) in [6.07, 6.45) is 4.56. The zero-order valence-corrected chi connectivity index (χ0v) is 15.4. The van der Waals surface area contributed by atoms with E-state index in [0.29, 0.717) is 23.5 Å². The number of aromatic amines is 1. The summed E-state index contributed by atoms with van der Waals surface area (Å²) in [4.78, 5) is 6.67. The van der Waals surface area contributed by atoms with E-state index in [2.05, 4.69) is 25.2 Å². The van der Waals surface area contributed by atoms with Crippen LogP contribution in [0.1, 0.15) is 6.55 Å². The predicted molar refractivity (Wildman–Crippen MR) is 105 cm³/mol. The number of morpholine rings is 1. The lowest BCUT2D eigenvalue weighted by atomic mass is 10.0. The van der Waals surface area contributed by atoms with Gasteiger partial charge in [0.25, 0.3) is 0 Å². The lowest BCUT2D eigenvalue weighted by Crippen LogP contribution is -2.36. The minimum atomic E-state index is -2.66. The van der Waals surface area contributed by atoms with Crippen LogP contribution in [-0.2, 0) is 4.74 Å². The van der Waals surface area contributed by atoms with Crippen molar-refractivity contribution in [2.24, 2.45) is 0 Å². The Hall–Kier alpha value is -3.33. The third kappa shape index (κ3) is 3.33. The van der Waals surface area contributed by atoms with E-state index in [1.807, 2.05) is 30.3 Å². The van der Waals surface area contributed by atoms with Crippen molar-refractivity contribution >= 4 is 16.7 Å². The molecule has 0 saturated carbocycles. The standard InChI is InChI=1S/C20H18F2N6O/c21-20(22)28-12-15(11-24-28)13-1-2-17-16(9-13)19(26-25-17)14-3-4-23-18(10-14)27-5-7-29-8-6-27/h1-4,9-12,20H,5-8H2,(H,25,26). The van der Waals surface area contributed by atoms with Gasteiger partial charge in [0.15, 0.2) is 0 Å². The number of H-pyrrole nitrogens is 1. The third-order valence-electron chi connectivity index (χ3n) is 5.05. The number of hydrogen-bond acceptors (Lipinski definition) is 5. The van der Waals surface area contributed by atoms with Crippen molar-refractivity contribution in [3.05, 3.63) is 48.9 Å². The lowest BCUT2D eigenvalue weighted by Gasteiger charge is -2.27. The average molecular weight is 396 g/mol. The Balaban J connectivity index is 1.53. The Morgan fingerprint density at radius 2 is 1.90 bits per heavy atom. The first-order valence-corrected chi connectivity index (χ1v) is 9.29. The van der Waals surface area contributed by atoms with Crippen LogP contribution in [0.2, 0.25) is 0 Å². The highest BCUT2D eigenvalue weighted by atomic mass is 19.3. The van der Waals surface area contributed by atoms with Crippen LogP contribution in [0.4, 0.5) is 14.6 Å². The molecular formula is C20H18F2N6O. The Morgan fingerprint density at radius 1 is 1.03 bits per heavy atom. The molecule has 29 heavy (non-hydrogen) atoms. The van der Waals surface area contributed by atoms with Crippen molar-refractivity contribution in [2.75, 3.05) is 31.2 Å². The SMILES string of the molecule is FC(F)n1cc(-c2ccc3[nH]nc(-c4ccnc(N5CCOCC5)c4)c3c2)cn1. The van der Waals surface area contributed by atoms with Gasteiger partial charge in [-0.05, 0) is 29.8 Å². The summed E-state index contributed by atoms with van der Waals surface area (Å²) in [5.74, 6) is 0.885. The fourth-order valence-corrected chi connectivity index (χ4v) is 3.54. The van der Waals surface area contributed by atoms with Gasteiger partial charge in [0, 0.05) is 42.0 Å². The van der Waals surface area contributed by atoms with E-state index in [1.54, 1.807) is 6.20 Å². The number of ether oxygens (including phenoxy) is 1. The molecule has 1 saturated heterocycles. The summed E-state index contributed by atoms with van der Waals surface area (Å²) in [5, 5.41) is 12.2. The zero-order chi connectivity index (χ0) is 19.8. The summed E-state index contributed by atoms with van der Waals surface area (Å²) in [5.41, 5.74) is 4.03. The highest BCUT2D eigenvalue weighted by molar-refractivity contribution is 5.95. The number of nitrogens with zero attached hydrogens (tertiary/aromatic N) is 5. The van der Waals surface area contributed by atoms with Gasteiger partial charge in [-0.1, -0.05) is 6.07 Å². The minimum Gasteiger partial charge on any atom is -0.378 e. The Labute approximate surface area is 164 Å². The number of halogens is 2. The lowest BCUT2D eigenvalue weighted by molar-refractivity contribution is 0.0566. The molecule has 1 aliphatic heterocycles. The van der Waals surface area contributed by atoms with Crippen LogP contribution < -0.4 is 4.90 Å². The first-order valence-electron chi connectivity index (χ1n) is 9.29. The van der Waals surface area contributed by atoms with Crippen LogP contribution in [0.25, 0.3) is 33.3 Å². The van der Waals surface area contributed by atoms with Crippen LogP contribution in [0.5, 0.6) is 0 Å². The number of fused-ring (bicyclic) bond motifs is 1. The topological polar surface area (TPSA) is 71.9 Å². The second kappa shape index (κ2) is 7.25. The van der Waals surface area contributed by atoms with Crippen molar-refractivity contribution in [3.63, 3.8) is 0 Å². The molecule has 4 heterocycles. The molecule has 3 aromatic heterocycles. The first-order chi connectivity index (χ1) is 14.2. The first kappa shape index (κ1) is 17.7. The largest absolute Gasteiger partial charge is 0.378 e. The summed E-state index contributed by atoms with van der Waals surface area (Å²) in [6, 6.07) is 9.63. The van der Waals surface area contributed by atoms with Gasteiger partial charge in [-0.15, -0.1) is 0 Å². The van der Waals surface area contributed by atoms with Gasteiger partial charge < -0.3 is 9.64 Å². The van der Waals surface area contributed by atoms with Crippen molar-refractivity contribution < 1.29 is 13.5 Å². The molecule has 1 aliphatic rings. The number of nitrogens with one attached hydrogen (secondary N) is 1. The monoisotopic (exact) mass is 396 g/mol. The minimum absolute atomic E-state index is 0.628. The highest BCUT2D eigenvalue weighted by Gasteiger charge is 2.16. The van der Waals surface area contributed by atoms with Gasteiger partial charge in [-0.3, -0.25) is 5.10 Å². The molecule has 0 amide bonds. The van der Waals surface area contributed by atoms with Crippen LogP contribution in [0, 0.1) is 0 Å². The molecule has 7 nitrogen and oxygen atoms in total. The van der Waals surface area contributed by atoms with Crippen LogP contribution in [0.3, 0.4) is 0 Å². The van der Waals surface area contributed by atoms with E-state index >= 15 is 0 Å². The normalized spacial score (nSPS) is 14.8. The fourth-order valence-electron chi connectivity index (χ4n) is 3.54. The summed E-state index contributed by atoms with van der Waals surface area (Å²) >= 11 is 0. The number of hydrogen-bond donors (Lipinski definition) is 1. The molecule has 0 radical (unpaired) electrons. The third-order valence-corrected chi connectivity index (χ3v) is 5.05. The Kier molecular flexibility index (Phi) is 4.44. The van der Waals surface area contributed by atoms with Gasteiger partial charge >= 0.3 is 6.55 Å². The number of aromatic nitrogens is 5. The highest BCUT2D eigenvalue weighted by Crippen LogP contribution is 2.32. The Bertz CT molecular complexity index is 1150. The van der Waals surface area contributed by atoms with Gasteiger partial charge in [0.2, 0.25) is 0 Å². The summed E-state index contributed by atoms with van der Waals surface area (Å²) in [7, 11) is 0. The van der Waals surface area contributed by atoms with E-state index in [-0.39, 0.29) is 0 Å². The molecule has 0 bridgehead atoms. The number of pyridine rings is 1. The van der Waals surface area contributed by atoms with E-state index < -0.39 is 6.55 Å². The molecule has 4 aromatic rings. The second-order valence-electron chi connectivity index (χ2n) is 6.82. The average Bonchev–Trinajstić information content (AvgIpc) is 3.42. The van der Waals surface area contributed by atoms with E-state index in [4.69, 9.17) is 4.74 Å².